The van der Waals surface area contributed by atoms with Gasteiger partial charge < -0.3 is 10.2 Å². The first-order valence-corrected chi connectivity index (χ1v) is 7.47. The van der Waals surface area contributed by atoms with Crippen LogP contribution in [0.3, 0.4) is 0 Å². The SMILES string of the molecule is Cc1cccc(Nc2nncc(N(C)c3ccccc3)n2)c1C. The quantitative estimate of drug-likeness (QED) is 0.789. The zero-order valence-corrected chi connectivity index (χ0v) is 13.5. The molecular weight excluding hydrogens is 286 g/mol. The molecule has 1 N–H and O–H groups in total. The molecule has 116 valence electrons. The molecule has 1 heterocycles. The Balaban J connectivity index is 1.87. The fourth-order valence-electron chi connectivity index (χ4n) is 2.30. The van der Waals surface area contributed by atoms with Crippen molar-refractivity contribution in [1.29, 1.82) is 0 Å². The van der Waals surface area contributed by atoms with Crippen molar-refractivity contribution in [2.45, 2.75) is 13.8 Å². The average molecular weight is 305 g/mol. The van der Waals surface area contributed by atoms with Gasteiger partial charge in [0.25, 0.3) is 0 Å². The standard InChI is InChI=1S/C18H19N5/c1-13-8-7-11-16(14(13)2)20-18-21-17(12-19-22-18)23(3)15-9-5-4-6-10-15/h4-12H,1-3H3,(H,20,21,22). The van der Waals surface area contributed by atoms with Crippen LogP contribution in [0.1, 0.15) is 11.1 Å². The van der Waals surface area contributed by atoms with Crippen molar-refractivity contribution in [3.63, 3.8) is 0 Å². The van der Waals surface area contributed by atoms with E-state index in [9.17, 15) is 0 Å². The highest BCUT2D eigenvalue weighted by molar-refractivity contribution is 5.62. The van der Waals surface area contributed by atoms with Crippen LogP contribution in [0.4, 0.5) is 23.1 Å². The van der Waals surface area contributed by atoms with Crippen molar-refractivity contribution in [2.24, 2.45) is 0 Å². The van der Waals surface area contributed by atoms with Crippen molar-refractivity contribution in [2.75, 3.05) is 17.3 Å². The molecule has 0 aliphatic heterocycles. The monoisotopic (exact) mass is 305 g/mol. The first-order chi connectivity index (χ1) is 11.1. The summed E-state index contributed by atoms with van der Waals surface area (Å²) in [5, 5.41) is 11.4. The van der Waals surface area contributed by atoms with Crippen molar-refractivity contribution < 1.29 is 0 Å². The topological polar surface area (TPSA) is 53.9 Å². The molecule has 0 aliphatic rings. The zero-order chi connectivity index (χ0) is 16.2. The Morgan fingerprint density at radius 1 is 0.957 bits per heavy atom. The van der Waals surface area contributed by atoms with Crippen molar-refractivity contribution in [1.82, 2.24) is 15.2 Å². The fraction of sp³-hybridized carbons (Fsp3) is 0.167. The number of nitrogens with zero attached hydrogens (tertiary/aromatic N) is 4. The van der Waals surface area contributed by atoms with Gasteiger partial charge >= 0.3 is 0 Å². The van der Waals surface area contributed by atoms with Gasteiger partial charge in [-0.3, -0.25) is 0 Å². The summed E-state index contributed by atoms with van der Waals surface area (Å²) in [6.45, 7) is 4.16. The highest BCUT2D eigenvalue weighted by Crippen LogP contribution is 2.23. The summed E-state index contributed by atoms with van der Waals surface area (Å²) >= 11 is 0. The van der Waals surface area contributed by atoms with E-state index in [2.05, 4.69) is 40.4 Å². The molecule has 2 aromatic carbocycles. The van der Waals surface area contributed by atoms with Crippen LogP contribution in [0.25, 0.3) is 0 Å². The number of benzene rings is 2. The van der Waals surface area contributed by atoms with Crippen molar-refractivity contribution >= 4 is 23.1 Å². The van der Waals surface area contributed by atoms with Gasteiger partial charge in [0.05, 0.1) is 6.20 Å². The molecule has 0 radical (unpaired) electrons. The van der Waals surface area contributed by atoms with E-state index in [-0.39, 0.29) is 0 Å². The Kier molecular flexibility index (Phi) is 4.19. The smallest absolute Gasteiger partial charge is 0.249 e. The average Bonchev–Trinajstić information content (AvgIpc) is 2.59. The van der Waals surface area contributed by atoms with Crippen molar-refractivity contribution in [3.8, 4) is 0 Å². The molecule has 3 rings (SSSR count). The maximum Gasteiger partial charge on any atom is 0.249 e. The predicted molar refractivity (Wildman–Crippen MR) is 93.5 cm³/mol. The van der Waals surface area contributed by atoms with Crippen LogP contribution in [0.2, 0.25) is 0 Å². The van der Waals surface area contributed by atoms with Crippen molar-refractivity contribution in [3.05, 3.63) is 65.9 Å². The number of hydrogen-bond acceptors (Lipinski definition) is 5. The molecular formula is C18H19N5. The molecule has 1 aromatic heterocycles. The van der Waals surface area contributed by atoms with E-state index < -0.39 is 0 Å². The Morgan fingerprint density at radius 3 is 2.52 bits per heavy atom. The van der Waals surface area contributed by atoms with Crippen LogP contribution >= 0.6 is 0 Å². The second-order valence-electron chi connectivity index (χ2n) is 5.41. The lowest BCUT2D eigenvalue weighted by atomic mass is 10.1. The summed E-state index contributed by atoms with van der Waals surface area (Å²) < 4.78 is 0. The third kappa shape index (κ3) is 3.29. The lowest BCUT2D eigenvalue weighted by Crippen LogP contribution is -2.13. The van der Waals surface area contributed by atoms with Crippen LogP contribution in [-0.4, -0.2) is 22.2 Å². The highest BCUT2D eigenvalue weighted by Gasteiger charge is 2.09. The first-order valence-electron chi connectivity index (χ1n) is 7.47. The molecule has 5 nitrogen and oxygen atoms in total. The Labute approximate surface area is 136 Å². The maximum absolute atomic E-state index is 4.56. The van der Waals surface area contributed by atoms with Crippen LogP contribution in [0.5, 0.6) is 0 Å². The van der Waals surface area contributed by atoms with Gasteiger partial charge in [0, 0.05) is 18.4 Å². The van der Waals surface area contributed by atoms with Gasteiger partial charge in [-0.15, -0.1) is 5.10 Å². The Hall–Kier alpha value is -2.95. The van der Waals surface area contributed by atoms with Crippen LogP contribution in [-0.2, 0) is 0 Å². The molecule has 23 heavy (non-hydrogen) atoms. The largest absolute Gasteiger partial charge is 0.328 e. The van der Waals surface area contributed by atoms with Gasteiger partial charge in [-0.05, 0) is 43.2 Å². The second-order valence-corrected chi connectivity index (χ2v) is 5.41. The summed E-state index contributed by atoms with van der Waals surface area (Å²) in [5.41, 5.74) is 4.44. The zero-order valence-electron chi connectivity index (χ0n) is 13.5. The third-order valence-electron chi connectivity index (χ3n) is 3.88. The number of nitrogens with one attached hydrogen (secondary N) is 1. The number of aromatic nitrogens is 3. The highest BCUT2D eigenvalue weighted by atomic mass is 15.3. The molecule has 0 amide bonds. The van der Waals surface area contributed by atoms with Gasteiger partial charge in [-0.1, -0.05) is 30.3 Å². The Bertz CT molecular complexity index is 802. The summed E-state index contributed by atoms with van der Waals surface area (Å²) in [5.74, 6) is 1.22. The van der Waals surface area contributed by atoms with E-state index in [1.165, 1.54) is 11.1 Å². The lowest BCUT2D eigenvalue weighted by Gasteiger charge is -2.18. The molecule has 0 spiro atoms. The van der Waals surface area contributed by atoms with Crippen LogP contribution in [0, 0.1) is 13.8 Å². The Morgan fingerprint density at radius 2 is 1.74 bits per heavy atom. The summed E-state index contributed by atoms with van der Waals surface area (Å²) in [6, 6.07) is 16.1. The summed E-state index contributed by atoms with van der Waals surface area (Å²) in [6.07, 6.45) is 1.65. The molecule has 0 saturated heterocycles. The normalized spacial score (nSPS) is 10.4. The minimum Gasteiger partial charge on any atom is -0.328 e. The van der Waals surface area contributed by atoms with E-state index in [1.807, 2.05) is 54.4 Å². The number of anilines is 4. The molecule has 0 fully saturated rings. The number of aryl methyl sites for hydroxylation is 1. The van der Waals surface area contributed by atoms with E-state index >= 15 is 0 Å². The number of hydrogen-bond donors (Lipinski definition) is 1. The minimum absolute atomic E-state index is 0.485. The van der Waals surface area contributed by atoms with E-state index in [0.717, 1.165) is 17.2 Å². The van der Waals surface area contributed by atoms with Gasteiger partial charge in [-0.2, -0.15) is 10.1 Å². The molecule has 0 aliphatic carbocycles. The van der Waals surface area contributed by atoms with Gasteiger partial charge in [-0.25, -0.2) is 0 Å². The molecule has 0 bridgehead atoms. The van der Waals surface area contributed by atoms with Crippen LogP contribution in [0.15, 0.2) is 54.7 Å². The summed E-state index contributed by atoms with van der Waals surface area (Å²) in [7, 11) is 1.96. The molecule has 0 atom stereocenters. The van der Waals surface area contributed by atoms with E-state index in [4.69, 9.17) is 0 Å². The maximum atomic E-state index is 4.56. The molecule has 0 unspecified atom stereocenters. The van der Waals surface area contributed by atoms with Gasteiger partial charge in [0.1, 0.15) is 0 Å². The lowest BCUT2D eigenvalue weighted by molar-refractivity contribution is 0.956. The molecule has 3 aromatic rings. The molecule has 5 heteroatoms. The van der Waals surface area contributed by atoms with Crippen LogP contribution < -0.4 is 10.2 Å². The number of rotatable bonds is 4. The van der Waals surface area contributed by atoms with Gasteiger partial charge in [0.2, 0.25) is 5.95 Å². The van der Waals surface area contributed by atoms with E-state index in [0.29, 0.717) is 5.95 Å². The molecule has 0 saturated carbocycles. The summed E-state index contributed by atoms with van der Waals surface area (Å²) in [4.78, 5) is 6.53. The van der Waals surface area contributed by atoms with Gasteiger partial charge in [0.15, 0.2) is 5.82 Å². The second kappa shape index (κ2) is 6.44. The third-order valence-corrected chi connectivity index (χ3v) is 3.88. The first kappa shape index (κ1) is 15.0. The minimum atomic E-state index is 0.485. The predicted octanol–water partition coefficient (Wildman–Crippen LogP) is 4.00. The van der Waals surface area contributed by atoms with E-state index in [1.54, 1.807) is 6.20 Å². The fourth-order valence-corrected chi connectivity index (χ4v) is 2.30. The number of para-hydroxylation sites is 1.